The lowest BCUT2D eigenvalue weighted by Gasteiger charge is -2.35. The molecule has 0 N–H and O–H groups in total. The highest BCUT2D eigenvalue weighted by Gasteiger charge is 2.35. The van der Waals surface area contributed by atoms with Gasteiger partial charge in [0.2, 0.25) is 0 Å². The Labute approximate surface area is 144 Å². The normalized spacial score (nSPS) is 20.2. The molecule has 1 fully saturated rings. The molecule has 0 saturated carbocycles. The Morgan fingerprint density at radius 1 is 1.16 bits per heavy atom. The molecule has 2 rings (SSSR count). The van der Waals surface area contributed by atoms with Crippen LogP contribution in [0.3, 0.4) is 0 Å². The van der Waals surface area contributed by atoms with Gasteiger partial charge in [0.05, 0.1) is 22.0 Å². The number of carbonyl (C=O) groups excluding carboxylic acids is 1. The number of anilines is 1. The second-order valence-electron chi connectivity index (χ2n) is 6.45. The maximum atomic E-state index is 11.9. The number of carbonyl (C=O) groups is 1. The third kappa shape index (κ3) is 4.04. The van der Waals surface area contributed by atoms with Crippen LogP contribution in [0.5, 0.6) is 0 Å². The Balaban J connectivity index is 2.62. The van der Waals surface area contributed by atoms with Gasteiger partial charge in [-0.2, -0.15) is 0 Å². The highest BCUT2D eigenvalue weighted by atomic mass is 16.6. The van der Waals surface area contributed by atoms with Crippen molar-refractivity contribution in [3.63, 3.8) is 0 Å². The van der Waals surface area contributed by atoms with E-state index < -0.39 is 27.2 Å². The molecule has 1 aromatic rings. The third-order valence-corrected chi connectivity index (χ3v) is 4.16. The first-order valence-electron chi connectivity index (χ1n) is 8.13. The number of nitro benzene ring substituents is 2. The number of hydrogen-bond acceptors (Lipinski definition) is 7. The van der Waals surface area contributed by atoms with E-state index >= 15 is 0 Å². The van der Waals surface area contributed by atoms with Crippen LogP contribution in [-0.2, 0) is 4.74 Å². The van der Waals surface area contributed by atoms with E-state index in [9.17, 15) is 25.0 Å². The molecule has 0 spiro atoms. The van der Waals surface area contributed by atoms with Crippen molar-refractivity contribution in [1.29, 1.82) is 0 Å². The van der Waals surface area contributed by atoms with E-state index in [0.717, 1.165) is 18.6 Å². The molecular weight excluding hydrogens is 330 g/mol. The largest absolute Gasteiger partial charge is 0.462 e. The molecule has 0 bridgehead atoms. The Morgan fingerprint density at radius 2 is 1.64 bits per heavy atom. The molecule has 0 aliphatic carbocycles. The van der Waals surface area contributed by atoms with Crippen LogP contribution < -0.4 is 4.90 Å². The summed E-state index contributed by atoms with van der Waals surface area (Å²) in [6.45, 7) is 6.66. The fourth-order valence-corrected chi connectivity index (χ4v) is 3.38. The highest BCUT2D eigenvalue weighted by molar-refractivity contribution is 5.94. The molecular formula is C16H21N3O6. The SMILES string of the molecule is CCOC(=O)c1cc([N+](=O)[O-])c(N2CC(C)CC(C)C2)c([N+](=O)[O-])c1. The zero-order valence-electron chi connectivity index (χ0n) is 14.4. The molecule has 1 aliphatic heterocycles. The Morgan fingerprint density at radius 3 is 2.04 bits per heavy atom. The molecule has 0 radical (unpaired) electrons. The fourth-order valence-electron chi connectivity index (χ4n) is 3.38. The summed E-state index contributed by atoms with van der Waals surface area (Å²) >= 11 is 0. The lowest BCUT2D eigenvalue weighted by molar-refractivity contribution is -0.392. The first-order valence-corrected chi connectivity index (χ1v) is 8.13. The standard InChI is InChI=1S/C16H21N3O6/c1-4-25-16(20)12-6-13(18(21)22)15(14(7-12)19(23)24)17-8-10(2)5-11(3)9-17/h6-7,10-11H,4-5,8-9H2,1-3H3. The fraction of sp³-hybridized carbons (Fsp3) is 0.562. The molecule has 0 aromatic heterocycles. The van der Waals surface area contributed by atoms with Crippen molar-refractivity contribution in [3.8, 4) is 0 Å². The van der Waals surface area contributed by atoms with Crippen LogP contribution in [-0.4, -0.2) is 35.5 Å². The maximum Gasteiger partial charge on any atom is 0.338 e. The molecule has 2 atom stereocenters. The number of nitro groups is 2. The van der Waals surface area contributed by atoms with Crippen LogP contribution in [0.4, 0.5) is 17.1 Å². The Kier molecular flexibility index (Phi) is 5.55. The van der Waals surface area contributed by atoms with E-state index in [1.165, 1.54) is 0 Å². The quantitative estimate of drug-likeness (QED) is 0.454. The summed E-state index contributed by atoms with van der Waals surface area (Å²) < 4.78 is 4.82. The predicted octanol–water partition coefficient (Wildman–Crippen LogP) is 3.16. The molecule has 9 heteroatoms. The second-order valence-corrected chi connectivity index (χ2v) is 6.45. The van der Waals surface area contributed by atoms with E-state index in [0.29, 0.717) is 13.1 Å². The van der Waals surface area contributed by atoms with Gasteiger partial charge >= 0.3 is 17.3 Å². The van der Waals surface area contributed by atoms with Crippen molar-refractivity contribution in [3.05, 3.63) is 37.9 Å². The summed E-state index contributed by atoms with van der Waals surface area (Å²) in [5, 5.41) is 23.1. The number of hydrogen-bond donors (Lipinski definition) is 0. The minimum absolute atomic E-state index is 0.0403. The van der Waals surface area contributed by atoms with Gasteiger partial charge in [-0.3, -0.25) is 20.2 Å². The van der Waals surface area contributed by atoms with Crippen molar-refractivity contribution in [2.45, 2.75) is 27.2 Å². The average molecular weight is 351 g/mol. The molecule has 1 aromatic carbocycles. The van der Waals surface area contributed by atoms with Crippen molar-refractivity contribution in [2.24, 2.45) is 11.8 Å². The first-order chi connectivity index (χ1) is 11.7. The van der Waals surface area contributed by atoms with Crippen LogP contribution in [0.25, 0.3) is 0 Å². The van der Waals surface area contributed by atoms with Gasteiger partial charge in [-0.25, -0.2) is 4.79 Å². The number of rotatable bonds is 5. The minimum Gasteiger partial charge on any atom is -0.462 e. The average Bonchev–Trinajstić information content (AvgIpc) is 2.52. The van der Waals surface area contributed by atoms with Crippen LogP contribution in [0.15, 0.2) is 12.1 Å². The van der Waals surface area contributed by atoms with E-state index in [1.807, 2.05) is 13.8 Å². The molecule has 1 heterocycles. The summed E-state index contributed by atoms with van der Waals surface area (Å²) in [6.07, 6.45) is 0.957. The van der Waals surface area contributed by atoms with Gasteiger partial charge in [0.25, 0.3) is 0 Å². The topological polar surface area (TPSA) is 116 Å². The lowest BCUT2D eigenvalue weighted by Crippen LogP contribution is -2.39. The highest BCUT2D eigenvalue weighted by Crippen LogP contribution is 2.41. The van der Waals surface area contributed by atoms with Gasteiger partial charge in [0.1, 0.15) is 0 Å². The van der Waals surface area contributed by atoms with Crippen molar-refractivity contribution < 1.29 is 19.4 Å². The van der Waals surface area contributed by atoms with E-state index in [4.69, 9.17) is 4.74 Å². The molecule has 1 aliphatic rings. The Hall–Kier alpha value is -2.71. The smallest absolute Gasteiger partial charge is 0.338 e. The molecule has 9 nitrogen and oxygen atoms in total. The molecule has 136 valence electrons. The number of nitrogens with zero attached hydrogens (tertiary/aromatic N) is 3. The number of piperidine rings is 1. The van der Waals surface area contributed by atoms with Crippen molar-refractivity contribution in [2.75, 3.05) is 24.6 Å². The van der Waals surface area contributed by atoms with Gasteiger partial charge in [0, 0.05) is 25.2 Å². The van der Waals surface area contributed by atoms with Gasteiger partial charge in [-0.1, -0.05) is 13.8 Å². The molecule has 1 saturated heterocycles. The van der Waals surface area contributed by atoms with E-state index in [2.05, 4.69) is 0 Å². The van der Waals surface area contributed by atoms with E-state index in [-0.39, 0.29) is 29.7 Å². The van der Waals surface area contributed by atoms with Gasteiger partial charge < -0.3 is 9.64 Å². The third-order valence-electron chi connectivity index (χ3n) is 4.16. The van der Waals surface area contributed by atoms with Crippen molar-refractivity contribution in [1.82, 2.24) is 0 Å². The minimum atomic E-state index is -0.819. The second kappa shape index (κ2) is 7.45. The van der Waals surface area contributed by atoms with Gasteiger partial charge in [-0.05, 0) is 25.2 Å². The number of ether oxygens (including phenoxy) is 1. The maximum absolute atomic E-state index is 11.9. The van der Waals surface area contributed by atoms with Crippen LogP contribution in [0, 0.1) is 32.1 Å². The van der Waals surface area contributed by atoms with Crippen LogP contribution >= 0.6 is 0 Å². The van der Waals surface area contributed by atoms with Gasteiger partial charge in [-0.15, -0.1) is 0 Å². The summed E-state index contributed by atoms with van der Waals surface area (Å²) in [4.78, 5) is 35.3. The van der Waals surface area contributed by atoms with E-state index in [1.54, 1.807) is 11.8 Å². The molecule has 2 unspecified atom stereocenters. The summed E-state index contributed by atoms with van der Waals surface area (Å²) in [7, 11) is 0. The predicted molar refractivity (Wildman–Crippen MR) is 90.9 cm³/mol. The van der Waals surface area contributed by atoms with Crippen molar-refractivity contribution >= 4 is 23.0 Å². The van der Waals surface area contributed by atoms with Gasteiger partial charge in [0.15, 0.2) is 5.69 Å². The zero-order valence-corrected chi connectivity index (χ0v) is 14.4. The summed E-state index contributed by atoms with van der Waals surface area (Å²) in [5.74, 6) is -0.305. The zero-order chi connectivity index (χ0) is 18.7. The van der Waals surface area contributed by atoms with Crippen LogP contribution in [0.2, 0.25) is 0 Å². The summed E-state index contributed by atoms with van der Waals surface area (Å²) in [6, 6.07) is 2.12. The monoisotopic (exact) mass is 351 g/mol. The van der Waals surface area contributed by atoms with Crippen LogP contribution in [0.1, 0.15) is 37.6 Å². The molecule has 0 amide bonds. The number of benzene rings is 1. The molecule has 25 heavy (non-hydrogen) atoms. The number of esters is 1. The Bertz CT molecular complexity index is 660. The lowest BCUT2D eigenvalue weighted by atomic mass is 9.91. The summed E-state index contributed by atoms with van der Waals surface area (Å²) in [5.41, 5.74) is -1.12. The first kappa shape index (κ1) is 18.6.